The number of amides is 1. The normalized spacial score (nSPS) is 24.3. The van der Waals surface area contributed by atoms with E-state index < -0.39 is 0 Å². The fourth-order valence-electron chi connectivity index (χ4n) is 2.26. The number of likely N-dealkylation sites (tertiary alicyclic amines) is 1. The van der Waals surface area contributed by atoms with E-state index in [0.717, 1.165) is 25.8 Å². The fraction of sp³-hybridized carbons (Fsp3) is 0.727. The van der Waals surface area contributed by atoms with E-state index in [1.807, 2.05) is 4.90 Å². The van der Waals surface area contributed by atoms with E-state index >= 15 is 0 Å². The van der Waals surface area contributed by atoms with Gasteiger partial charge in [-0.05, 0) is 19.3 Å². The molecule has 2 aliphatic rings. The molecule has 2 fully saturated rings. The molecule has 1 atom stereocenters. The van der Waals surface area contributed by atoms with Crippen molar-refractivity contribution >= 4 is 5.91 Å². The summed E-state index contributed by atoms with van der Waals surface area (Å²) in [6.07, 6.45) is 2.95. The molecule has 1 aromatic rings. The van der Waals surface area contributed by atoms with E-state index in [4.69, 9.17) is 9.63 Å². The highest BCUT2D eigenvalue weighted by Gasteiger charge is 2.37. The van der Waals surface area contributed by atoms with Crippen LogP contribution in [-0.4, -0.2) is 39.1 Å². The second-order valence-electron chi connectivity index (χ2n) is 4.75. The minimum Gasteiger partial charge on any atom is -0.387 e. The Kier molecular flexibility index (Phi) is 2.58. The quantitative estimate of drug-likeness (QED) is 0.817. The molecule has 1 N–H and O–H groups in total. The molecule has 1 amide bonds. The summed E-state index contributed by atoms with van der Waals surface area (Å²) in [6.45, 7) is 1.23. The van der Waals surface area contributed by atoms with E-state index in [1.165, 1.54) is 0 Å². The lowest BCUT2D eigenvalue weighted by molar-refractivity contribution is -0.131. The van der Waals surface area contributed by atoms with Gasteiger partial charge in [0.1, 0.15) is 6.61 Å². The lowest BCUT2D eigenvalue weighted by atomic mass is 10.1. The average Bonchev–Trinajstić information content (AvgIpc) is 2.91. The van der Waals surface area contributed by atoms with Crippen LogP contribution in [0.5, 0.6) is 0 Å². The molecule has 6 heteroatoms. The first-order valence-corrected chi connectivity index (χ1v) is 6.00. The van der Waals surface area contributed by atoms with Crippen molar-refractivity contribution in [2.75, 3.05) is 13.1 Å². The minimum atomic E-state index is -0.232. The van der Waals surface area contributed by atoms with Gasteiger partial charge in [-0.3, -0.25) is 4.79 Å². The standard InChI is InChI=1S/C11H15N3O3/c15-6-9-12-10(13-17-9)8-3-4-14(5-8)11(16)7-1-2-7/h7-8,15H,1-6H2. The van der Waals surface area contributed by atoms with Crippen LogP contribution in [0, 0.1) is 5.92 Å². The predicted molar refractivity (Wildman–Crippen MR) is 56.9 cm³/mol. The summed E-state index contributed by atoms with van der Waals surface area (Å²) < 4.78 is 4.87. The van der Waals surface area contributed by atoms with Crippen molar-refractivity contribution in [2.24, 2.45) is 5.92 Å². The molecule has 0 radical (unpaired) electrons. The number of aliphatic hydroxyl groups is 1. The second kappa shape index (κ2) is 4.10. The molecule has 1 aliphatic carbocycles. The Morgan fingerprint density at radius 1 is 1.47 bits per heavy atom. The third kappa shape index (κ3) is 2.04. The molecule has 0 aromatic carbocycles. The molecule has 1 unspecified atom stereocenters. The number of rotatable bonds is 3. The van der Waals surface area contributed by atoms with Gasteiger partial charge in [-0.1, -0.05) is 5.16 Å². The summed E-state index contributed by atoms with van der Waals surface area (Å²) in [5.41, 5.74) is 0. The highest BCUT2D eigenvalue weighted by molar-refractivity contribution is 5.81. The van der Waals surface area contributed by atoms with Crippen molar-refractivity contribution in [1.82, 2.24) is 15.0 Å². The van der Waals surface area contributed by atoms with Gasteiger partial charge in [-0.2, -0.15) is 4.98 Å². The number of nitrogens with zero attached hydrogens (tertiary/aromatic N) is 3. The van der Waals surface area contributed by atoms with Crippen molar-refractivity contribution in [3.8, 4) is 0 Å². The van der Waals surface area contributed by atoms with E-state index in [9.17, 15) is 4.79 Å². The van der Waals surface area contributed by atoms with Crippen LogP contribution in [0.2, 0.25) is 0 Å². The lowest BCUT2D eigenvalue weighted by Gasteiger charge is -2.14. The van der Waals surface area contributed by atoms with Gasteiger partial charge in [0.05, 0.1) is 0 Å². The maximum Gasteiger partial charge on any atom is 0.252 e. The number of aromatic nitrogens is 2. The van der Waals surface area contributed by atoms with Gasteiger partial charge in [-0.15, -0.1) is 0 Å². The number of carbonyl (C=O) groups excluding carboxylic acids is 1. The first-order chi connectivity index (χ1) is 8.28. The van der Waals surface area contributed by atoms with Gasteiger partial charge in [0.2, 0.25) is 5.91 Å². The largest absolute Gasteiger partial charge is 0.387 e. The van der Waals surface area contributed by atoms with Gasteiger partial charge in [0.15, 0.2) is 5.82 Å². The summed E-state index contributed by atoms with van der Waals surface area (Å²) >= 11 is 0. The average molecular weight is 237 g/mol. The Bertz CT molecular complexity index is 427. The highest BCUT2D eigenvalue weighted by atomic mass is 16.5. The maximum absolute atomic E-state index is 11.9. The van der Waals surface area contributed by atoms with Gasteiger partial charge in [0, 0.05) is 24.9 Å². The van der Waals surface area contributed by atoms with E-state index in [-0.39, 0.29) is 30.2 Å². The maximum atomic E-state index is 11.9. The minimum absolute atomic E-state index is 0.154. The Morgan fingerprint density at radius 3 is 2.94 bits per heavy atom. The van der Waals surface area contributed by atoms with Crippen LogP contribution in [0.1, 0.15) is 36.9 Å². The molecule has 1 saturated carbocycles. The first-order valence-electron chi connectivity index (χ1n) is 6.00. The Labute approximate surface area is 98.6 Å². The van der Waals surface area contributed by atoms with Crippen molar-refractivity contribution in [2.45, 2.75) is 31.8 Å². The molecule has 1 aromatic heterocycles. The molecule has 1 saturated heterocycles. The third-order valence-electron chi connectivity index (χ3n) is 3.41. The third-order valence-corrected chi connectivity index (χ3v) is 3.41. The molecule has 3 rings (SSSR count). The van der Waals surface area contributed by atoms with Crippen LogP contribution in [-0.2, 0) is 11.4 Å². The van der Waals surface area contributed by atoms with Crippen molar-refractivity contribution in [1.29, 1.82) is 0 Å². The van der Waals surface area contributed by atoms with Crippen LogP contribution in [0.3, 0.4) is 0 Å². The van der Waals surface area contributed by atoms with Gasteiger partial charge in [0.25, 0.3) is 5.89 Å². The Balaban J connectivity index is 1.64. The van der Waals surface area contributed by atoms with Crippen LogP contribution in [0.4, 0.5) is 0 Å². The van der Waals surface area contributed by atoms with Gasteiger partial charge in [-0.25, -0.2) is 0 Å². The van der Waals surface area contributed by atoms with Crippen LogP contribution < -0.4 is 0 Å². The molecule has 1 aliphatic heterocycles. The number of hydrogen-bond acceptors (Lipinski definition) is 5. The number of carbonyl (C=O) groups is 1. The molecule has 6 nitrogen and oxygen atoms in total. The lowest BCUT2D eigenvalue weighted by Crippen LogP contribution is -2.29. The second-order valence-corrected chi connectivity index (χ2v) is 4.75. The zero-order chi connectivity index (χ0) is 11.8. The number of hydrogen-bond donors (Lipinski definition) is 1. The fourth-order valence-corrected chi connectivity index (χ4v) is 2.26. The van der Waals surface area contributed by atoms with Gasteiger partial charge < -0.3 is 14.5 Å². The van der Waals surface area contributed by atoms with E-state index in [2.05, 4.69) is 10.1 Å². The van der Waals surface area contributed by atoms with Crippen molar-refractivity contribution < 1.29 is 14.4 Å². The smallest absolute Gasteiger partial charge is 0.252 e. The SMILES string of the molecule is O=C(C1CC1)N1CCC(c2noc(CO)n2)C1. The molecule has 92 valence electrons. The zero-order valence-corrected chi connectivity index (χ0v) is 9.50. The summed E-state index contributed by atoms with van der Waals surface area (Å²) in [4.78, 5) is 17.9. The van der Waals surface area contributed by atoms with E-state index in [1.54, 1.807) is 0 Å². The van der Waals surface area contributed by atoms with E-state index in [0.29, 0.717) is 12.4 Å². The predicted octanol–water partition coefficient (Wildman–Crippen LogP) is 0.288. The summed E-state index contributed by atoms with van der Waals surface area (Å²) in [5, 5.41) is 12.7. The summed E-state index contributed by atoms with van der Waals surface area (Å²) in [5.74, 6) is 1.55. The number of aliphatic hydroxyl groups excluding tert-OH is 1. The monoisotopic (exact) mass is 237 g/mol. The molecule has 2 heterocycles. The Morgan fingerprint density at radius 2 is 2.29 bits per heavy atom. The van der Waals surface area contributed by atoms with Crippen molar-refractivity contribution in [3.05, 3.63) is 11.7 Å². The highest BCUT2D eigenvalue weighted by Crippen LogP contribution is 2.34. The first kappa shape index (κ1) is 10.7. The van der Waals surface area contributed by atoms with Crippen LogP contribution >= 0.6 is 0 Å². The molecular formula is C11H15N3O3. The zero-order valence-electron chi connectivity index (χ0n) is 9.50. The van der Waals surface area contributed by atoms with Crippen molar-refractivity contribution in [3.63, 3.8) is 0 Å². The Hall–Kier alpha value is -1.43. The summed E-state index contributed by atoms with van der Waals surface area (Å²) in [6, 6.07) is 0. The summed E-state index contributed by atoms with van der Waals surface area (Å²) in [7, 11) is 0. The molecule has 0 spiro atoms. The topological polar surface area (TPSA) is 79.5 Å². The molecule has 0 bridgehead atoms. The molecule has 17 heavy (non-hydrogen) atoms. The molecular weight excluding hydrogens is 222 g/mol. The van der Waals surface area contributed by atoms with Gasteiger partial charge >= 0.3 is 0 Å². The van der Waals surface area contributed by atoms with Crippen LogP contribution in [0.25, 0.3) is 0 Å². The van der Waals surface area contributed by atoms with Crippen LogP contribution in [0.15, 0.2) is 4.52 Å².